The van der Waals surface area contributed by atoms with Crippen LogP contribution >= 0.6 is 0 Å². The Morgan fingerprint density at radius 3 is 2.71 bits per heavy atom. The molecule has 0 saturated heterocycles. The first kappa shape index (κ1) is 17.6. The highest BCUT2D eigenvalue weighted by atomic mass is 19.1. The average molecular weight is 296 g/mol. The van der Waals surface area contributed by atoms with Crippen molar-refractivity contribution in [3.8, 4) is 0 Å². The van der Waals surface area contributed by atoms with Crippen molar-refractivity contribution in [1.29, 1.82) is 0 Å². The van der Waals surface area contributed by atoms with Crippen LogP contribution in [-0.2, 0) is 11.3 Å². The fourth-order valence-electron chi connectivity index (χ4n) is 1.98. The van der Waals surface area contributed by atoms with Gasteiger partial charge in [0.1, 0.15) is 5.82 Å². The predicted molar refractivity (Wildman–Crippen MR) is 81.4 cm³/mol. The molecule has 118 valence electrons. The summed E-state index contributed by atoms with van der Waals surface area (Å²) in [7, 11) is 0. The predicted octanol–water partition coefficient (Wildman–Crippen LogP) is 1.84. The lowest BCUT2D eigenvalue weighted by molar-refractivity contribution is -0.122. The van der Waals surface area contributed by atoms with E-state index in [9.17, 15) is 9.18 Å². The van der Waals surface area contributed by atoms with Crippen molar-refractivity contribution in [3.63, 3.8) is 0 Å². The molecule has 1 aromatic carbocycles. The first-order valence-electron chi connectivity index (χ1n) is 7.30. The molecular weight excluding hydrogens is 271 g/mol. The summed E-state index contributed by atoms with van der Waals surface area (Å²) in [6, 6.07) is 5.20. The molecule has 0 aliphatic rings. The molecule has 21 heavy (non-hydrogen) atoms. The number of benzene rings is 1. The third kappa shape index (κ3) is 6.23. The van der Waals surface area contributed by atoms with Crippen LogP contribution in [0, 0.1) is 12.7 Å². The molecule has 4 nitrogen and oxygen atoms in total. The summed E-state index contributed by atoms with van der Waals surface area (Å²) in [6.07, 6.45) is 0.647. The van der Waals surface area contributed by atoms with E-state index in [4.69, 9.17) is 5.11 Å². The van der Waals surface area contributed by atoms with E-state index >= 15 is 0 Å². The van der Waals surface area contributed by atoms with Gasteiger partial charge in [0, 0.05) is 25.7 Å². The summed E-state index contributed by atoms with van der Waals surface area (Å²) >= 11 is 0. The van der Waals surface area contributed by atoms with Gasteiger partial charge >= 0.3 is 0 Å². The fourth-order valence-corrected chi connectivity index (χ4v) is 1.98. The Morgan fingerprint density at radius 2 is 2.14 bits per heavy atom. The SMILES string of the molecule is Cc1ccc(CNC(=O)CN(CCCO)C(C)C)cc1F. The minimum Gasteiger partial charge on any atom is -0.396 e. The quantitative estimate of drug-likeness (QED) is 0.770. The molecule has 1 amide bonds. The number of amides is 1. The zero-order valence-electron chi connectivity index (χ0n) is 13.0. The molecule has 0 atom stereocenters. The van der Waals surface area contributed by atoms with Crippen molar-refractivity contribution in [2.75, 3.05) is 19.7 Å². The monoisotopic (exact) mass is 296 g/mol. The second kappa shape index (κ2) is 8.74. The van der Waals surface area contributed by atoms with Gasteiger partial charge in [-0.1, -0.05) is 12.1 Å². The molecule has 1 aromatic rings. The topological polar surface area (TPSA) is 52.6 Å². The van der Waals surface area contributed by atoms with Crippen LogP contribution in [0.15, 0.2) is 18.2 Å². The van der Waals surface area contributed by atoms with E-state index in [0.29, 0.717) is 25.1 Å². The van der Waals surface area contributed by atoms with E-state index < -0.39 is 0 Å². The van der Waals surface area contributed by atoms with Gasteiger partial charge in [0.15, 0.2) is 0 Å². The summed E-state index contributed by atoms with van der Waals surface area (Å²) in [4.78, 5) is 13.9. The Balaban J connectivity index is 2.46. The molecule has 1 rings (SSSR count). The maximum Gasteiger partial charge on any atom is 0.234 e. The largest absolute Gasteiger partial charge is 0.396 e. The Bertz CT molecular complexity index is 464. The Labute approximate surface area is 126 Å². The van der Waals surface area contributed by atoms with E-state index in [-0.39, 0.29) is 30.9 Å². The molecule has 0 fully saturated rings. The van der Waals surface area contributed by atoms with E-state index in [1.54, 1.807) is 13.0 Å². The maximum absolute atomic E-state index is 13.4. The van der Waals surface area contributed by atoms with E-state index in [0.717, 1.165) is 5.56 Å². The molecule has 0 bridgehead atoms. The van der Waals surface area contributed by atoms with E-state index in [2.05, 4.69) is 5.32 Å². The first-order valence-corrected chi connectivity index (χ1v) is 7.30. The van der Waals surface area contributed by atoms with Gasteiger partial charge in [0.2, 0.25) is 5.91 Å². The number of aryl methyl sites for hydroxylation is 1. The van der Waals surface area contributed by atoms with Gasteiger partial charge < -0.3 is 10.4 Å². The van der Waals surface area contributed by atoms with E-state index in [1.807, 2.05) is 24.8 Å². The highest BCUT2D eigenvalue weighted by Gasteiger charge is 2.13. The summed E-state index contributed by atoms with van der Waals surface area (Å²) < 4.78 is 13.4. The molecule has 0 unspecified atom stereocenters. The third-order valence-corrected chi connectivity index (χ3v) is 3.41. The van der Waals surface area contributed by atoms with Crippen LogP contribution < -0.4 is 5.32 Å². The minimum absolute atomic E-state index is 0.0948. The fraction of sp³-hybridized carbons (Fsp3) is 0.562. The molecule has 2 N–H and O–H groups in total. The van der Waals surface area contributed by atoms with Crippen LogP contribution in [0.5, 0.6) is 0 Å². The molecular formula is C16H25FN2O2. The summed E-state index contributed by atoms with van der Waals surface area (Å²) in [6.45, 7) is 7.14. The van der Waals surface area contributed by atoms with Gasteiger partial charge in [0.05, 0.1) is 6.54 Å². The Morgan fingerprint density at radius 1 is 1.43 bits per heavy atom. The van der Waals surface area contributed by atoms with Crippen molar-refractivity contribution < 1.29 is 14.3 Å². The summed E-state index contributed by atoms with van der Waals surface area (Å²) in [5, 5.41) is 11.7. The highest BCUT2D eigenvalue weighted by molar-refractivity contribution is 5.78. The van der Waals surface area contributed by atoms with Crippen LogP contribution in [0.2, 0.25) is 0 Å². The molecule has 5 heteroatoms. The van der Waals surface area contributed by atoms with Crippen molar-refractivity contribution in [2.24, 2.45) is 0 Å². The van der Waals surface area contributed by atoms with Crippen molar-refractivity contribution >= 4 is 5.91 Å². The zero-order chi connectivity index (χ0) is 15.8. The summed E-state index contributed by atoms with van der Waals surface area (Å²) in [5.41, 5.74) is 1.35. The van der Waals surface area contributed by atoms with Gasteiger partial charge in [-0.25, -0.2) is 4.39 Å². The number of carbonyl (C=O) groups is 1. The second-order valence-electron chi connectivity index (χ2n) is 5.50. The van der Waals surface area contributed by atoms with Crippen LogP contribution in [0.3, 0.4) is 0 Å². The lowest BCUT2D eigenvalue weighted by Crippen LogP contribution is -2.41. The summed E-state index contributed by atoms with van der Waals surface area (Å²) in [5.74, 6) is -0.351. The highest BCUT2D eigenvalue weighted by Crippen LogP contribution is 2.09. The maximum atomic E-state index is 13.4. The first-order chi connectivity index (χ1) is 9.93. The number of carbonyl (C=O) groups excluding carboxylic acids is 1. The number of nitrogens with one attached hydrogen (secondary N) is 1. The molecule has 0 aromatic heterocycles. The van der Waals surface area contributed by atoms with Gasteiger partial charge in [-0.2, -0.15) is 0 Å². The van der Waals surface area contributed by atoms with Crippen molar-refractivity contribution in [1.82, 2.24) is 10.2 Å². The molecule has 0 aliphatic carbocycles. The number of aliphatic hydroxyl groups excluding tert-OH is 1. The number of nitrogens with zero attached hydrogens (tertiary/aromatic N) is 1. The third-order valence-electron chi connectivity index (χ3n) is 3.41. The number of rotatable bonds is 8. The van der Waals surface area contributed by atoms with Crippen LogP contribution in [0.25, 0.3) is 0 Å². The number of hydrogen-bond acceptors (Lipinski definition) is 3. The van der Waals surface area contributed by atoms with Crippen molar-refractivity contribution in [2.45, 2.75) is 39.8 Å². The molecule has 0 heterocycles. The molecule has 0 spiro atoms. The number of halogens is 1. The average Bonchev–Trinajstić information content (AvgIpc) is 2.44. The molecule has 0 radical (unpaired) electrons. The number of hydrogen-bond donors (Lipinski definition) is 2. The van der Waals surface area contributed by atoms with Gasteiger partial charge in [-0.05, 0) is 44.4 Å². The van der Waals surface area contributed by atoms with Gasteiger partial charge in [0.25, 0.3) is 0 Å². The number of aliphatic hydroxyl groups is 1. The normalized spacial score (nSPS) is 11.2. The van der Waals surface area contributed by atoms with Crippen LogP contribution in [-0.4, -0.2) is 41.7 Å². The second-order valence-corrected chi connectivity index (χ2v) is 5.50. The smallest absolute Gasteiger partial charge is 0.234 e. The standard InChI is InChI=1S/C16H25FN2O2/c1-12(2)19(7-4-8-20)11-16(21)18-10-14-6-5-13(3)15(17)9-14/h5-6,9,12,20H,4,7-8,10-11H2,1-3H3,(H,18,21). The minimum atomic E-state index is -0.256. The Hall–Kier alpha value is -1.46. The lowest BCUT2D eigenvalue weighted by Gasteiger charge is -2.25. The molecule has 0 aliphatic heterocycles. The lowest BCUT2D eigenvalue weighted by atomic mass is 10.1. The Kier molecular flexibility index (Phi) is 7.32. The van der Waals surface area contributed by atoms with Gasteiger partial charge in [-0.15, -0.1) is 0 Å². The zero-order valence-corrected chi connectivity index (χ0v) is 13.0. The van der Waals surface area contributed by atoms with Crippen LogP contribution in [0.1, 0.15) is 31.4 Å². The molecule has 0 saturated carbocycles. The van der Waals surface area contributed by atoms with Crippen molar-refractivity contribution in [3.05, 3.63) is 35.1 Å². The van der Waals surface area contributed by atoms with Crippen LogP contribution in [0.4, 0.5) is 4.39 Å². The van der Waals surface area contributed by atoms with Gasteiger partial charge in [-0.3, -0.25) is 9.69 Å². The van der Waals surface area contributed by atoms with E-state index in [1.165, 1.54) is 6.07 Å².